The van der Waals surface area contributed by atoms with Crippen LogP contribution in [0.15, 0.2) is 41.3 Å². The van der Waals surface area contributed by atoms with Crippen molar-refractivity contribution in [1.29, 1.82) is 0 Å². The van der Waals surface area contributed by atoms with Crippen molar-refractivity contribution in [2.24, 2.45) is 0 Å². The normalized spacial score (nSPS) is 9.96. The number of terminal acetylenes is 1. The number of amides is 1. The zero-order chi connectivity index (χ0) is 18.4. The first-order valence-electron chi connectivity index (χ1n) is 7.25. The van der Waals surface area contributed by atoms with Crippen LogP contribution < -0.4 is 10.9 Å². The minimum Gasteiger partial charge on any atom is -0.465 e. The van der Waals surface area contributed by atoms with Crippen LogP contribution in [0.25, 0.3) is 0 Å². The molecule has 0 aliphatic carbocycles. The molecule has 1 heterocycles. The molecule has 2 rings (SSSR count). The summed E-state index contributed by atoms with van der Waals surface area (Å²) in [6.45, 7) is 0.0300. The number of carbonyl (C=O) groups excluding carboxylic acids is 2. The molecule has 0 saturated heterocycles. The minimum absolute atomic E-state index is 0.0107. The molecule has 0 atom stereocenters. The van der Waals surface area contributed by atoms with Crippen LogP contribution in [-0.4, -0.2) is 30.1 Å². The van der Waals surface area contributed by atoms with E-state index in [1.807, 2.05) is 0 Å². The zero-order valence-electron chi connectivity index (χ0n) is 13.4. The molecule has 0 radical (unpaired) electrons. The zero-order valence-corrected chi connectivity index (χ0v) is 13.4. The Hall–Kier alpha value is -3.40. The number of carbonyl (C=O) groups is 2. The summed E-state index contributed by atoms with van der Waals surface area (Å²) in [4.78, 5) is 35.8. The number of pyridine rings is 1. The molecule has 1 aromatic heterocycles. The highest BCUT2D eigenvalue weighted by molar-refractivity contribution is 5.94. The highest BCUT2D eigenvalue weighted by Gasteiger charge is 2.14. The maximum atomic E-state index is 13.4. The lowest BCUT2D eigenvalue weighted by atomic mass is 10.1. The number of ether oxygens (including phenoxy) is 1. The number of aromatic nitrogens is 1. The van der Waals surface area contributed by atoms with Gasteiger partial charge < -0.3 is 14.6 Å². The lowest BCUT2D eigenvalue weighted by Gasteiger charge is -2.11. The van der Waals surface area contributed by atoms with Crippen molar-refractivity contribution in [3.8, 4) is 12.3 Å². The van der Waals surface area contributed by atoms with Crippen molar-refractivity contribution in [3.63, 3.8) is 0 Å². The van der Waals surface area contributed by atoms with Gasteiger partial charge in [0.25, 0.3) is 11.5 Å². The standard InChI is InChI=1S/C18H15FN2O4/c1-3-8-20-17(23)13-5-7-16(22)21(11-13)10-12-4-6-14(19)9-15(12)18(24)25-2/h1,4-7,9,11H,8,10H2,2H3,(H,20,23). The van der Waals surface area contributed by atoms with Gasteiger partial charge in [0.05, 0.1) is 31.3 Å². The number of esters is 1. The molecule has 1 amide bonds. The van der Waals surface area contributed by atoms with E-state index in [4.69, 9.17) is 6.42 Å². The first kappa shape index (κ1) is 17.9. The quantitative estimate of drug-likeness (QED) is 0.654. The molecule has 0 aliphatic rings. The van der Waals surface area contributed by atoms with Crippen molar-refractivity contribution in [1.82, 2.24) is 9.88 Å². The molecule has 0 aliphatic heterocycles. The van der Waals surface area contributed by atoms with E-state index in [2.05, 4.69) is 16.0 Å². The van der Waals surface area contributed by atoms with E-state index in [1.54, 1.807) is 0 Å². The van der Waals surface area contributed by atoms with Crippen LogP contribution in [-0.2, 0) is 11.3 Å². The van der Waals surface area contributed by atoms with E-state index in [-0.39, 0.29) is 29.8 Å². The van der Waals surface area contributed by atoms with Crippen LogP contribution in [0.5, 0.6) is 0 Å². The molecular formula is C18H15FN2O4. The second kappa shape index (κ2) is 7.93. The monoisotopic (exact) mass is 342 g/mol. The summed E-state index contributed by atoms with van der Waals surface area (Å²) in [7, 11) is 1.18. The second-order valence-electron chi connectivity index (χ2n) is 5.06. The Kier molecular flexibility index (Phi) is 5.69. The number of hydrogen-bond acceptors (Lipinski definition) is 4. The Bertz CT molecular complexity index is 912. The predicted octanol–water partition coefficient (Wildman–Crippen LogP) is 1.19. The summed E-state index contributed by atoms with van der Waals surface area (Å²) >= 11 is 0. The average Bonchev–Trinajstić information content (AvgIpc) is 2.62. The molecule has 0 saturated carbocycles. The van der Waals surface area contributed by atoms with E-state index < -0.39 is 17.7 Å². The molecule has 25 heavy (non-hydrogen) atoms. The fraction of sp³-hybridized carbons (Fsp3) is 0.167. The van der Waals surface area contributed by atoms with Gasteiger partial charge >= 0.3 is 5.97 Å². The lowest BCUT2D eigenvalue weighted by molar-refractivity contribution is 0.0598. The van der Waals surface area contributed by atoms with Crippen molar-refractivity contribution in [3.05, 3.63) is 69.4 Å². The van der Waals surface area contributed by atoms with Crippen molar-refractivity contribution >= 4 is 11.9 Å². The Labute approximate surface area is 143 Å². The average molecular weight is 342 g/mol. The molecular weight excluding hydrogens is 327 g/mol. The first-order chi connectivity index (χ1) is 12.0. The van der Waals surface area contributed by atoms with Gasteiger partial charge in [-0.3, -0.25) is 9.59 Å². The smallest absolute Gasteiger partial charge is 0.338 e. The highest BCUT2D eigenvalue weighted by atomic mass is 19.1. The summed E-state index contributed by atoms with van der Waals surface area (Å²) in [6, 6.07) is 6.20. The number of nitrogens with zero attached hydrogens (tertiary/aromatic N) is 1. The van der Waals surface area contributed by atoms with Gasteiger partial charge in [-0.25, -0.2) is 9.18 Å². The first-order valence-corrected chi connectivity index (χ1v) is 7.25. The van der Waals surface area contributed by atoms with Gasteiger partial charge in [0.1, 0.15) is 5.82 Å². The van der Waals surface area contributed by atoms with E-state index in [1.165, 1.54) is 42.1 Å². The highest BCUT2D eigenvalue weighted by Crippen LogP contribution is 2.14. The van der Waals surface area contributed by atoms with Gasteiger partial charge in [0.2, 0.25) is 0 Å². The second-order valence-corrected chi connectivity index (χ2v) is 5.06. The molecule has 0 spiro atoms. The molecule has 2 aromatic rings. The Morgan fingerprint density at radius 2 is 2.08 bits per heavy atom. The van der Waals surface area contributed by atoms with E-state index in [9.17, 15) is 18.8 Å². The summed E-state index contributed by atoms with van der Waals surface area (Å²) in [5.41, 5.74) is 0.248. The number of hydrogen-bond donors (Lipinski definition) is 1. The Morgan fingerprint density at radius 1 is 1.32 bits per heavy atom. The third-order valence-corrected chi connectivity index (χ3v) is 3.41. The van der Waals surface area contributed by atoms with Crippen molar-refractivity contribution in [2.45, 2.75) is 6.54 Å². The summed E-state index contributed by atoms with van der Waals surface area (Å²) in [5, 5.41) is 2.49. The SMILES string of the molecule is C#CCNC(=O)c1ccc(=O)n(Cc2ccc(F)cc2C(=O)OC)c1. The fourth-order valence-electron chi connectivity index (χ4n) is 2.19. The maximum absolute atomic E-state index is 13.4. The van der Waals surface area contributed by atoms with E-state index in [0.29, 0.717) is 5.56 Å². The van der Waals surface area contributed by atoms with Crippen molar-refractivity contribution < 1.29 is 18.7 Å². The summed E-state index contributed by atoms with van der Waals surface area (Å²) in [6.07, 6.45) is 6.43. The minimum atomic E-state index is -0.717. The predicted molar refractivity (Wildman–Crippen MR) is 88.7 cm³/mol. The molecule has 6 nitrogen and oxygen atoms in total. The number of nitrogens with one attached hydrogen (secondary N) is 1. The molecule has 0 bridgehead atoms. The molecule has 0 fully saturated rings. The van der Waals surface area contributed by atoms with E-state index in [0.717, 1.165) is 6.07 Å². The fourth-order valence-corrected chi connectivity index (χ4v) is 2.19. The van der Waals surface area contributed by atoms with E-state index >= 15 is 0 Å². The topological polar surface area (TPSA) is 77.4 Å². The van der Waals surface area contributed by atoms with Gasteiger partial charge in [-0.2, -0.15) is 0 Å². The largest absolute Gasteiger partial charge is 0.465 e. The van der Waals surface area contributed by atoms with Crippen LogP contribution >= 0.6 is 0 Å². The lowest BCUT2D eigenvalue weighted by Crippen LogP contribution is -2.27. The number of methoxy groups -OCH3 is 1. The molecule has 128 valence electrons. The third-order valence-electron chi connectivity index (χ3n) is 3.41. The summed E-state index contributed by atoms with van der Waals surface area (Å²) in [5.74, 6) is 0.532. The van der Waals surface area contributed by atoms with Gasteiger partial charge in [0.15, 0.2) is 0 Å². The Morgan fingerprint density at radius 3 is 2.76 bits per heavy atom. The molecule has 1 N–H and O–H groups in total. The number of benzene rings is 1. The molecule has 7 heteroatoms. The van der Waals surface area contributed by atoms with Gasteiger partial charge in [0, 0.05) is 12.3 Å². The van der Waals surface area contributed by atoms with Crippen LogP contribution in [0.1, 0.15) is 26.3 Å². The van der Waals surface area contributed by atoms with Crippen LogP contribution in [0.2, 0.25) is 0 Å². The number of halogens is 1. The third kappa shape index (κ3) is 4.32. The van der Waals surface area contributed by atoms with Crippen LogP contribution in [0.3, 0.4) is 0 Å². The Balaban J connectivity index is 2.38. The number of rotatable bonds is 5. The van der Waals surface area contributed by atoms with Crippen molar-refractivity contribution in [2.75, 3.05) is 13.7 Å². The van der Waals surface area contributed by atoms with Gasteiger partial charge in [-0.1, -0.05) is 12.0 Å². The molecule has 1 aromatic carbocycles. The van der Waals surface area contributed by atoms with Gasteiger partial charge in [-0.05, 0) is 23.8 Å². The summed E-state index contributed by atoms with van der Waals surface area (Å²) < 4.78 is 19.3. The maximum Gasteiger partial charge on any atom is 0.338 e. The molecule has 0 unspecified atom stereocenters. The van der Waals surface area contributed by atoms with Gasteiger partial charge in [-0.15, -0.1) is 6.42 Å². The van der Waals surface area contributed by atoms with Crippen LogP contribution in [0, 0.1) is 18.2 Å². The van der Waals surface area contributed by atoms with Crippen LogP contribution in [0.4, 0.5) is 4.39 Å².